The van der Waals surface area contributed by atoms with Crippen molar-refractivity contribution < 1.29 is 128 Å². The van der Waals surface area contributed by atoms with E-state index in [9.17, 15) is 42.2 Å². The minimum atomic E-state index is -4.86. The lowest BCUT2D eigenvalue weighted by Crippen LogP contribution is -2.33. The molecule has 0 aromatic carbocycles. The van der Waals surface area contributed by atoms with E-state index in [1.807, 2.05) is 0 Å². The van der Waals surface area contributed by atoms with Crippen LogP contribution in [-0.4, -0.2) is 239 Å². The van der Waals surface area contributed by atoms with Gasteiger partial charge in [0, 0.05) is 87.3 Å². The van der Waals surface area contributed by atoms with Crippen LogP contribution in [0.25, 0.3) is 44.7 Å². The van der Waals surface area contributed by atoms with Crippen molar-refractivity contribution in [3.05, 3.63) is 138 Å². The van der Waals surface area contributed by atoms with Crippen LogP contribution in [-0.2, 0) is 128 Å². The molecule has 18 heterocycles. The number of fused-ring (bicyclic) bond motifs is 4. The Labute approximate surface area is 858 Å². The van der Waals surface area contributed by atoms with E-state index in [-0.39, 0.29) is 130 Å². The van der Waals surface area contributed by atoms with Crippen LogP contribution in [0, 0.1) is 20.8 Å². The van der Waals surface area contributed by atoms with Crippen LogP contribution in [0.3, 0.4) is 0 Å². The van der Waals surface area contributed by atoms with Crippen molar-refractivity contribution in [1.29, 1.82) is 0 Å². The fraction of sp³-hybridized carbons (Fsp3) is 0.556. The first-order valence-electron chi connectivity index (χ1n) is 43.9. The Hall–Kier alpha value is -7.34. The van der Waals surface area contributed by atoms with Crippen LogP contribution in [0.4, 0.5) is 29.1 Å². The first-order valence-corrected chi connectivity index (χ1v) is 62.8. The second-order valence-electron chi connectivity index (χ2n) is 34.0. The molecule has 11 aromatic rings. The predicted molar refractivity (Wildman–Crippen MR) is 532 cm³/mol. The Kier molecular flexibility index (Phi) is 32.4. The maximum absolute atomic E-state index is 15.1. The number of anilines is 5. The number of nitrogens with zero attached hydrogens (tertiary/aromatic N) is 20. The molecule has 60 nitrogen and oxygen atoms in total. The summed E-state index contributed by atoms with van der Waals surface area (Å²) in [5.41, 5.74) is 29.1. The first-order chi connectivity index (χ1) is 69.1. The number of nitrogens with two attached hydrogens (primary N) is 5. The van der Waals surface area contributed by atoms with E-state index >= 15 is 13.7 Å². The molecule has 7 aliphatic heterocycles. The van der Waals surface area contributed by atoms with Gasteiger partial charge in [-0.25, -0.2) is 106 Å². The molecule has 7 fully saturated rings. The van der Waals surface area contributed by atoms with Crippen molar-refractivity contribution in [2.75, 3.05) is 75.4 Å². The molecule has 0 aliphatic carbocycles. The van der Waals surface area contributed by atoms with Crippen molar-refractivity contribution in [3.63, 3.8) is 0 Å². The van der Waals surface area contributed by atoms with Gasteiger partial charge in [-0.15, -0.1) is 0 Å². The summed E-state index contributed by atoms with van der Waals surface area (Å²) in [6.07, 6.45) is -13.5. The number of thiol groups is 7. The Morgan fingerprint density at radius 1 is 0.322 bits per heavy atom. The maximum Gasteiger partial charge on any atom is 0.386 e. The fourth-order valence-electron chi connectivity index (χ4n) is 17.3. The maximum atomic E-state index is 15.1. The number of rotatable bonds is 41. The van der Waals surface area contributed by atoms with Crippen LogP contribution >= 0.6 is 133 Å². The smallest absolute Gasteiger partial charge is 0.383 e. The number of hydrogen-bond acceptors (Lipinski definition) is 51. The van der Waals surface area contributed by atoms with E-state index in [1.54, 1.807) is 13.8 Å². The molecule has 0 spiro atoms. The summed E-state index contributed by atoms with van der Waals surface area (Å²) in [6, 6.07) is 0. The lowest BCUT2D eigenvalue weighted by molar-refractivity contribution is -0.0528. The molecule has 14 unspecified atom stereocenters. The van der Waals surface area contributed by atoms with Crippen LogP contribution in [0.5, 0.6) is 0 Å². The zero-order valence-corrected chi connectivity index (χ0v) is 89.0. The normalized spacial score (nSPS) is 29.5. The Balaban J connectivity index is 0.561. The number of hydrogen-bond donors (Lipinski definition) is 14. The van der Waals surface area contributed by atoms with Crippen molar-refractivity contribution in [2.45, 2.75) is 208 Å². The second kappa shape index (κ2) is 43.7. The molecule has 0 amide bonds. The largest absolute Gasteiger partial charge is 0.386 e. The molecule has 7 aliphatic rings. The van der Waals surface area contributed by atoms with E-state index in [4.69, 9.17) is 125 Å². The van der Waals surface area contributed by atoms with Crippen molar-refractivity contribution in [1.82, 2.24) is 107 Å². The van der Waals surface area contributed by atoms with Gasteiger partial charge in [0.15, 0.2) is 45.9 Å². The Morgan fingerprint density at radius 2 is 0.548 bits per heavy atom. The molecule has 74 heteroatoms. The Morgan fingerprint density at radius 3 is 0.801 bits per heavy atom. The standard InChI is InChI=1S/C72H94N27O33P7S7/c1-6-34-35(7-48(119-34)94-15-32(3)68(100)91-71(94)103)127-134(106,141)113-19-44-38(10-51(122-44)96-27-86-55-60(74)78-23-82-64(55)96)131-138(110,145)117-22-47-40(12-53(125-47)98-29-88-57-62(76)80-25-84-66(57)98)130-137(109,144)115-18-43-37(9-49(121-43)93-14-31(2)59(73)90-70(93)102)128-135(107,142)116-20-45-41(13-54(123-45)99-30-89-58-63(77)81-26-85-67(58)99)132-139(111,146)118-21-46-39(11-52(124-46)97-28-87-56-61(75)79-24-83-65(56)97)129-136(108,143)114-17-42-36(126-133(105,140)112-5)8-50(120-42)95-16-33(4)69(101)92-72(95)104/h14-16,23-30,34-54H,6-13,17-22H2,1-5H3,(H,105,140)(H,106,141)(H,107,142)(H,108,143)(H,109,144)(H,110,145)(H,111,146)(H2,73,90,102)(H2,74,78,82)(H2,75,79,83)(H2,76,80,84)(H2,77,81,85)(H,91,100,103)(H,92,101,104)/t34-,35?,36?,37?,38?,39?,40?,41?,42-,43-,44-,45-,46-,47-,48-,49-,50-,51-,52-,53-,54-,133?,134?,135?,136?,137?,138?,139?/m1/s1. The quantitative estimate of drug-likeness (QED) is 0.0129. The van der Waals surface area contributed by atoms with Crippen LogP contribution in [0.1, 0.15) is 119 Å². The monoisotopic (exact) mass is 2310 g/mol. The molecule has 18 rings (SSSR count). The summed E-state index contributed by atoms with van der Waals surface area (Å²) in [5, 5.41) is 0. The third kappa shape index (κ3) is 24.5. The lowest BCUT2D eigenvalue weighted by Gasteiger charge is -2.27. The first kappa shape index (κ1) is 108. The zero-order valence-electron chi connectivity index (χ0n) is 76.4. The molecule has 792 valence electrons. The molecule has 12 N–H and O–H groups in total. The highest BCUT2D eigenvalue weighted by Gasteiger charge is 2.53. The van der Waals surface area contributed by atoms with Gasteiger partial charge < -0.3 is 66.4 Å². The molecular weight excluding hydrogens is 2210 g/mol. The van der Waals surface area contributed by atoms with Gasteiger partial charge in [0.05, 0.1) is 77.2 Å². The minimum Gasteiger partial charge on any atom is -0.383 e. The summed E-state index contributed by atoms with van der Waals surface area (Å²) in [7, 11) is 1.07. The van der Waals surface area contributed by atoms with Crippen LogP contribution in [0.15, 0.2) is 93.2 Å². The predicted octanol–water partition coefficient (Wildman–Crippen LogP) is 7.67. The highest BCUT2D eigenvalue weighted by molar-refractivity contribution is 8.46. The number of aryl methyl sites for hydroxylation is 3. The average molecular weight is 2310 g/mol. The highest BCUT2D eigenvalue weighted by Crippen LogP contribution is 2.65. The summed E-state index contributed by atoms with van der Waals surface area (Å²) < 4.78 is 240. The number of aromatic amines is 2. The van der Waals surface area contributed by atoms with E-state index in [0.717, 1.165) is 16.2 Å². The highest BCUT2D eigenvalue weighted by atomic mass is 32.7. The third-order valence-corrected chi connectivity index (χ3v) is 36.0. The van der Waals surface area contributed by atoms with E-state index < -0.39 is 244 Å². The third-order valence-electron chi connectivity index (χ3n) is 24.4. The van der Waals surface area contributed by atoms with Gasteiger partial charge in [0.25, 0.3) is 11.1 Å². The van der Waals surface area contributed by atoms with Crippen molar-refractivity contribution >= 4 is 207 Å². The van der Waals surface area contributed by atoms with Crippen LogP contribution < -0.4 is 56.9 Å². The van der Waals surface area contributed by atoms with Gasteiger partial charge in [-0.2, -0.15) is 4.98 Å². The van der Waals surface area contributed by atoms with Gasteiger partial charge in [0.2, 0.25) is 0 Å². The second-order valence-corrected chi connectivity index (χ2v) is 54.2. The number of H-pyrrole nitrogens is 2. The fourth-order valence-corrected chi connectivity index (χ4v) is 27.4. The van der Waals surface area contributed by atoms with Gasteiger partial charge in [-0.05, 0) is 27.2 Å². The number of imidazole rings is 4. The van der Waals surface area contributed by atoms with E-state index in [2.05, 4.69) is 161 Å². The van der Waals surface area contributed by atoms with Crippen molar-refractivity contribution in [2.24, 2.45) is 0 Å². The number of nitrogen functional groups attached to an aromatic ring is 5. The van der Waals surface area contributed by atoms with Gasteiger partial charge >= 0.3 is 64.7 Å². The molecule has 0 radical (unpaired) electrons. The molecule has 28 atom stereocenters. The molecule has 0 saturated carbocycles. The molecule has 11 aromatic heterocycles. The average Bonchev–Trinajstić information content (AvgIpc) is 1.64. The van der Waals surface area contributed by atoms with Gasteiger partial charge in [0.1, 0.15) is 170 Å². The topological polar surface area (TPSA) is 762 Å². The molecule has 0 bridgehead atoms. The summed E-state index contributed by atoms with van der Waals surface area (Å²) in [5.74, 6) is -0.0966. The minimum absolute atomic E-state index is 0.00308. The molecule has 7 saturated heterocycles. The van der Waals surface area contributed by atoms with E-state index in [0.29, 0.717) is 12.0 Å². The van der Waals surface area contributed by atoms with Gasteiger partial charge in [-0.1, -0.05) is 92.7 Å². The Bertz CT molecular complexity index is 7470. The lowest BCUT2D eigenvalue weighted by atomic mass is 10.1. The van der Waals surface area contributed by atoms with Crippen LogP contribution in [0.2, 0.25) is 0 Å². The number of ether oxygens (including phenoxy) is 7. The summed E-state index contributed by atoms with van der Waals surface area (Å²) >= 11 is 30.3. The number of aromatic nitrogens is 22. The van der Waals surface area contributed by atoms with E-state index in [1.165, 1.54) is 106 Å². The molecular formula is C72H94N27O33P7S7. The summed E-state index contributed by atoms with van der Waals surface area (Å²) in [4.78, 5) is 124. The SMILES string of the molecule is CC[C@H]1O[C@@H](n2cc(C)c(=O)[nH]c2=O)CC1OP(=O)(S)OC[C@H]1O[C@@H](n2cnc3c(N)ncnc32)CC1OP(=O)(S)OC[C@H]1O[C@@H](n2cnc3c(N)ncnc32)CC1OP(=O)(S)OC[C@H]1O[C@@H](n2cc(C)c(N)nc2=O)CC1OP(=O)(S)OC[C@H]1O[C@@H](n2cnc3c(N)ncnc32)CC1OP(=O)(S)OC[C@H]1O[C@@H](n2cnc3c(N)ncnc32)CC1OP(=O)(S)OC[C@H]1O[C@@H](n2cc(C)c(=O)[nH]c2=O)CC1OP(=O)(S)OC. The zero-order chi connectivity index (χ0) is 104. The molecule has 146 heavy (non-hydrogen) atoms. The number of nitrogens with one attached hydrogen (secondary N) is 2. The van der Waals surface area contributed by atoms with Crippen molar-refractivity contribution in [3.8, 4) is 0 Å². The van der Waals surface area contributed by atoms with Gasteiger partial charge in [-0.3, -0.25) is 110 Å². The summed E-state index contributed by atoms with van der Waals surface area (Å²) in [6.45, 7) is -30.6.